The van der Waals surface area contributed by atoms with Crippen molar-refractivity contribution in [2.75, 3.05) is 26.2 Å². The maximum atomic E-state index is 8.62. The van der Waals surface area contributed by atoms with Crippen molar-refractivity contribution in [3.05, 3.63) is 0 Å². The second-order valence-corrected chi connectivity index (χ2v) is 4.31. The Balaban J connectivity index is 1.96. The summed E-state index contributed by atoms with van der Waals surface area (Å²) in [5, 5.41) is 8.62. The van der Waals surface area contributed by atoms with Crippen LogP contribution in [0, 0.1) is 5.92 Å². The maximum Gasteiger partial charge on any atom is 0.0431 e. The highest BCUT2D eigenvalue weighted by Crippen LogP contribution is 2.16. The van der Waals surface area contributed by atoms with Crippen LogP contribution in [0.4, 0.5) is 0 Å². The lowest BCUT2D eigenvalue weighted by Crippen LogP contribution is -2.33. The summed E-state index contributed by atoms with van der Waals surface area (Å²) in [7, 11) is 0. The van der Waals surface area contributed by atoms with Gasteiger partial charge in [-0.25, -0.2) is 0 Å². The van der Waals surface area contributed by atoms with Crippen LogP contribution in [-0.4, -0.2) is 36.2 Å². The molecular formula is C11H23NO. The molecule has 0 bridgehead atoms. The number of likely N-dealkylation sites (tertiary alicyclic amines) is 1. The number of hydrogen-bond acceptors (Lipinski definition) is 2. The number of unbranched alkanes of at least 4 members (excludes halogenated alkanes) is 2. The molecule has 1 aliphatic heterocycles. The van der Waals surface area contributed by atoms with Crippen molar-refractivity contribution >= 4 is 0 Å². The van der Waals surface area contributed by atoms with E-state index in [1.807, 2.05) is 0 Å². The second kappa shape index (κ2) is 6.39. The summed E-state index contributed by atoms with van der Waals surface area (Å²) >= 11 is 0. The van der Waals surface area contributed by atoms with Gasteiger partial charge in [0, 0.05) is 6.61 Å². The third-order valence-electron chi connectivity index (χ3n) is 3.01. The van der Waals surface area contributed by atoms with Gasteiger partial charge in [-0.05, 0) is 57.7 Å². The molecule has 1 fully saturated rings. The van der Waals surface area contributed by atoms with Crippen LogP contribution in [-0.2, 0) is 0 Å². The second-order valence-electron chi connectivity index (χ2n) is 4.31. The van der Waals surface area contributed by atoms with Crippen LogP contribution in [0.1, 0.15) is 39.0 Å². The minimum Gasteiger partial charge on any atom is -0.396 e. The Bertz CT molecular complexity index is 119. The van der Waals surface area contributed by atoms with Gasteiger partial charge in [-0.2, -0.15) is 0 Å². The highest BCUT2D eigenvalue weighted by atomic mass is 16.2. The molecule has 0 amide bonds. The van der Waals surface area contributed by atoms with Gasteiger partial charge < -0.3 is 10.0 Å². The summed E-state index contributed by atoms with van der Waals surface area (Å²) < 4.78 is 0. The Morgan fingerprint density at radius 3 is 2.46 bits per heavy atom. The topological polar surface area (TPSA) is 23.5 Å². The molecule has 2 nitrogen and oxygen atoms in total. The summed E-state index contributed by atoms with van der Waals surface area (Å²) in [5.74, 6) is 0.939. The standard InChI is InChI=1S/C11H23NO/c1-11-5-8-12(9-6-11)7-3-2-4-10-13/h11,13H,2-10H2,1H3. The molecule has 13 heavy (non-hydrogen) atoms. The minimum absolute atomic E-state index is 0.358. The molecule has 0 atom stereocenters. The summed E-state index contributed by atoms with van der Waals surface area (Å²) in [6.45, 7) is 6.54. The predicted octanol–water partition coefficient (Wildman–Crippen LogP) is 1.88. The highest BCUT2D eigenvalue weighted by molar-refractivity contribution is 4.68. The zero-order chi connectivity index (χ0) is 9.52. The van der Waals surface area contributed by atoms with E-state index < -0.39 is 0 Å². The smallest absolute Gasteiger partial charge is 0.0431 e. The number of aliphatic hydroxyl groups is 1. The molecule has 0 aliphatic carbocycles. The summed E-state index contributed by atoms with van der Waals surface area (Å²) in [6.07, 6.45) is 6.17. The first kappa shape index (κ1) is 11.0. The lowest BCUT2D eigenvalue weighted by molar-refractivity contribution is 0.187. The summed E-state index contributed by atoms with van der Waals surface area (Å²) in [4.78, 5) is 2.57. The molecule has 0 radical (unpaired) electrons. The van der Waals surface area contributed by atoms with Crippen molar-refractivity contribution in [2.45, 2.75) is 39.0 Å². The first-order chi connectivity index (χ1) is 6.33. The van der Waals surface area contributed by atoms with E-state index in [1.54, 1.807) is 0 Å². The van der Waals surface area contributed by atoms with E-state index in [9.17, 15) is 0 Å². The van der Waals surface area contributed by atoms with Crippen molar-refractivity contribution in [2.24, 2.45) is 5.92 Å². The molecule has 1 N–H and O–H groups in total. The van der Waals surface area contributed by atoms with Crippen molar-refractivity contribution in [3.63, 3.8) is 0 Å². The van der Waals surface area contributed by atoms with Crippen LogP contribution in [0.2, 0.25) is 0 Å². The van der Waals surface area contributed by atoms with Crippen LogP contribution in [0.25, 0.3) is 0 Å². The highest BCUT2D eigenvalue weighted by Gasteiger charge is 2.14. The summed E-state index contributed by atoms with van der Waals surface area (Å²) in [6, 6.07) is 0. The van der Waals surface area contributed by atoms with Gasteiger partial charge in [-0.15, -0.1) is 0 Å². The minimum atomic E-state index is 0.358. The van der Waals surface area contributed by atoms with E-state index in [2.05, 4.69) is 11.8 Å². The average molecular weight is 185 g/mol. The largest absolute Gasteiger partial charge is 0.396 e. The van der Waals surface area contributed by atoms with E-state index in [0.717, 1.165) is 12.3 Å². The van der Waals surface area contributed by atoms with Crippen LogP contribution in [0.5, 0.6) is 0 Å². The van der Waals surface area contributed by atoms with Crippen molar-refractivity contribution in [1.82, 2.24) is 4.90 Å². The van der Waals surface area contributed by atoms with Crippen LogP contribution in [0.15, 0.2) is 0 Å². The first-order valence-electron chi connectivity index (χ1n) is 5.66. The zero-order valence-corrected chi connectivity index (χ0v) is 8.84. The van der Waals surface area contributed by atoms with Gasteiger partial charge in [0.1, 0.15) is 0 Å². The van der Waals surface area contributed by atoms with Crippen LogP contribution < -0.4 is 0 Å². The van der Waals surface area contributed by atoms with Gasteiger partial charge in [-0.3, -0.25) is 0 Å². The fourth-order valence-corrected chi connectivity index (χ4v) is 1.91. The average Bonchev–Trinajstić information content (AvgIpc) is 2.15. The van der Waals surface area contributed by atoms with E-state index in [-0.39, 0.29) is 0 Å². The monoisotopic (exact) mass is 185 g/mol. The van der Waals surface area contributed by atoms with Gasteiger partial charge in [0.25, 0.3) is 0 Å². The van der Waals surface area contributed by atoms with E-state index in [0.29, 0.717) is 6.61 Å². The van der Waals surface area contributed by atoms with E-state index in [1.165, 1.54) is 45.3 Å². The molecular weight excluding hydrogens is 162 g/mol. The molecule has 0 aromatic rings. The number of rotatable bonds is 5. The van der Waals surface area contributed by atoms with Crippen molar-refractivity contribution < 1.29 is 5.11 Å². The molecule has 0 saturated carbocycles. The zero-order valence-electron chi connectivity index (χ0n) is 8.84. The first-order valence-corrected chi connectivity index (χ1v) is 5.66. The van der Waals surface area contributed by atoms with Crippen molar-refractivity contribution in [1.29, 1.82) is 0 Å². The third-order valence-corrected chi connectivity index (χ3v) is 3.01. The molecule has 1 heterocycles. The van der Waals surface area contributed by atoms with Crippen LogP contribution >= 0.6 is 0 Å². The van der Waals surface area contributed by atoms with Gasteiger partial charge in [-0.1, -0.05) is 6.92 Å². The van der Waals surface area contributed by atoms with Gasteiger partial charge in [0.15, 0.2) is 0 Å². The van der Waals surface area contributed by atoms with E-state index in [4.69, 9.17) is 5.11 Å². The molecule has 0 spiro atoms. The third kappa shape index (κ3) is 4.63. The normalized spacial score (nSPS) is 20.8. The van der Waals surface area contributed by atoms with Crippen molar-refractivity contribution in [3.8, 4) is 0 Å². The Labute approximate surface area is 81.9 Å². The molecule has 0 aromatic carbocycles. The van der Waals surface area contributed by atoms with Gasteiger partial charge in [0.05, 0.1) is 0 Å². The Kier molecular flexibility index (Phi) is 5.40. The number of hydrogen-bond donors (Lipinski definition) is 1. The Morgan fingerprint density at radius 2 is 1.85 bits per heavy atom. The molecule has 2 heteroatoms. The van der Waals surface area contributed by atoms with Gasteiger partial charge in [0.2, 0.25) is 0 Å². The number of piperidine rings is 1. The molecule has 0 unspecified atom stereocenters. The summed E-state index contributed by atoms with van der Waals surface area (Å²) in [5.41, 5.74) is 0. The molecule has 0 aromatic heterocycles. The Hall–Kier alpha value is -0.0800. The molecule has 1 rings (SSSR count). The molecule has 1 saturated heterocycles. The number of nitrogens with zero attached hydrogens (tertiary/aromatic N) is 1. The lowest BCUT2D eigenvalue weighted by atomic mass is 9.99. The number of aliphatic hydroxyl groups excluding tert-OH is 1. The lowest BCUT2D eigenvalue weighted by Gasteiger charge is -2.30. The van der Waals surface area contributed by atoms with E-state index >= 15 is 0 Å². The van der Waals surface area contributed by atoms with Gasteiger partial charge >= 0.3 is 0 Å². The fourth-order valence-electron chi connectivity index (χ4n) is 1.91. The Morgan fingerprint density at radius 1 is 1.15 bits per heavy atom. The fraction of sp³-hybridized carbons (Fsp3) is 1.00. The SMILES string of the molecule is CC1CCN(CCCCCO)CC1. The van der Waals surface area contributed by atoms with Crippen LogP contribution in [0.3, 0.4) is 0 Å². The predicted molar refractivity (Wildman–Crippen MR) is 55.8 cm³/mol. The molecule has 1 aliphatic rings. The quantitative estimate of drug-likeness (QED) is 0.661. The molecule has 78 valence electrons. The maximum absolute atomic E-state index is 8.62.